The van der Waals surface area contributed by atoms with Gasteiger partial charge in [-0.1, -0.05) is 35.3 Å². The summed E-state index contributed by atoms with van der Waals surface area (Å²) in [6, 6.07) is 10.4. The summed E-state index contributed by atoms with van der Waals surface area (Å²) in [5.74, 6) is 0.811. The number of carbonyl (C=O) groups is 2. The van der Waals surface area contributed by atoms with Gasteiger partial charge in [-0.2, -0.15) is 0 Å². The maximum atomic E-state index is 12.5. The largest absolute Gasteiger partial charge is 0.490 e. The number of carbonyl (C=O) groups excluding carboxylic acids is 2. The van der Waals surface area contributed by atoms with Gasteiger partial charge in [-0.25, -0.2) is 0 Å². The third-order valence-electron chi connectivity index (χ3n) is 4.30. The molecule has 1 saturated heterocycles. The molecule has 0 atom stereocenters. The Balaban J connectivity index is 1.81. The molecule has 0 aliphatic carbocycles. The second-order valence-corrected chi connectivity index (χ2v) is 8.65. The maximum absolute atomic E-state index is 12.5. The summed E-state index contributed by atoms with van der Waals surface area (Å²) in [6.07, 6.45) is 1.69. The molecule has 0 radical (unpaired) electrons. The smallest absolute Gasteiger partial charge is 0.293 e. The van der Waals surface area contributed by atoms with Crippen molar-refractivity contribution in [2.24, 2.45) is 0 Å². The molecule has 0 bridgehead atoms. The fourth-order valence-corrected chi connectivity index (χ4v) is 4.30. The number of benzene rings is 2. The second kappa shape index (κ2) is 9.77. The number of ether oxygens (including phenoxy) is 2. The molecule has 0 aromatic heterocycles. The molecule has 1 aliphatic rings. The van der Waals surface area contributed by atoms with E-state index in [0.717, 1.165) is 22.9 Å². The molecule has 0 unspecified atom stereocenters. The topological polar surface area (TPSA) is 55.8 Å². The maximum Gasteiger partial charge on any atom is 0.293 e. The van der Waals surface area contributed by atoms with Crippen molar-refractivity contribution in [3.63, 3.8) is 0 Å². The lowest BCUT2D eigenvalue weighted by Crippen LogP contribution is -2.34. The van der Waals surface area contributed by atoms with E-state index in [4.69, 9.17) is 32.7 Å². The fourth-order valence-electron chi connectivity index (χ4n) is 2.87. The van der Waals surface area contributed by atoms with E-state index >= 15 is 0 Å². The molecule has 1 fully saturated rings. The Morgan fingerprint density at radius 1 is 1.07 bits per heavy atom. The third kappa shape index (κ3) is 5.12. The summed E-state index contributed by atoms with van der Waals surface area (Å²) in [5, 5.41) is 0.828. The second-order valence-electron chi connectivity index (χ2n) is 6.81. The lowest BCUT2D eigenvalue weighted by atomic mass is 10.1. The summed E-state index contributed by atoms with van der Waals surface area (Å²) >= 11 is 13.1. The molecule has 0 spiro atoms. The summed E-state index contributed by atoms with van der Waals surface area (Å²) in [6.45, 7) is 6.20. The molecule has 3 rings (SSSR count). The van der Waals surface area contributed by atoms with Crippen molar-refractivity contribution >= 4 is 52.2 Å². The van der Waals surface area contributed by atoms with E-state index in [0.29, 0.717) is 33.1 Å². The van der Waals surface area contributed by atoms with Crippen LogP contribution in [0.4, 0.5) is 4.79 Å². The zero-order chi connectivity index (χ0) is 21.8. The Morgan fingerprint density at radius 2 is 1.83 bits per heavy atom. The molecular formula is C22H21Cl2NO4S. The van der Waals surface area contributed by atoms with Crippen LogP contribution in [0.2, 0.25) is 10.0 Å². The Hall–Kier alpha value is -2.15. The van der Waals surface area contributed by atoms with E-state index in [1.807, 2.05) is 32.9 Å². The number of thioether (sulfide) groups is 1. The average Bonchev–Trinajstić information content (AvgIpc) is 2.96. The van der Waals surface area contributed by atoms with Crippen molar-refractivity contribution in [3.05, 3.63) is 62.5 Å². The molecule has 158 valence electrons. The highest BCUT2D eigenvalue weighted by molar-refractivity contribution is 8.18. The predicted octanol–water partition coefficient (Wildman–Crippen LogP) is 6.42. The van der Waals surface area contributed by atoms with E-state index < -0.39 is 0 Å². The van der Waals surface area contributed by atoms with E-state index in [1.54, 1.807) is 30.3 Å². The van der Waals surface area contributed by atoms with Crippen LogP contribution in [0.3, 0.4) is 0 Å². The van der Waals surface area contributed by atoms with Crippen LogP contribution in [0.5, 0.6) is 11.5 Å². The highest BCUT2D eigenvalue weighted by atomic mass is 35.5. The highest BCUT2D eigenvalue weighted by Crippen LogP contribution is 2.36. The molecule has 0 saturated carbocycles. The Kier molecular flexibility index (Phi) is 7.34. The first-order valence-corrected chi connectivity index (χ1v) is 11.0. The first kappa shape index (κ1) is 22.5. The van der Waals surface area contributed by atoms with E-state index in [1.165, 1.54) is 4.90 Å². The van der Waals surface area contributed by atoms with Gasteiger partial charge in [0.15, 0.2) is 11.5 Å². The van der Waals surface area contributed by atoms with Gasteiger partial charge in [0.2, 0.25) is 0 Å². The van der Waals surface area contributed by atoms with Crippen molar-refractivity contribution < 1.29 is 19.1 Å². The number of rotatable bonds is 7. The SMILES string of the molecule is CCOc1cc(/C=C2\SC(=O)N(C(C)C)C2=O)ccc1OCc1ccc(Cl)cc1Cl. The Morgan fingerprint density at radius 3 is 2.47 bits per heavy atom. The van der Waals surface area contributed by atoms with Crippen molar-refractivity contribution in [2.75, 3.05) is 6.61 Å². The minimum Gasteiger partial charge on any atom is -0.490 e. The number of halogens is 2. The zero-order valence-corrected chi connectivity index (χ0v) is 19.1. The van der Waals surface area contributed by atoms with Gasteiger partial charge >= 0.3 is 0 Å². The predicted molar refractivity (Wildman–Crippen MR) is 121 cm³/mol. The lowest BCUT2D eigenvalue weighted by Gasteiger charge is -2.16. The van der Waals surface area contributed by atoms with Gasteiger partial charge in [0, 0.05) is 21.7 Å². The van der Waals surface area contributed by atoms with Gasteiger partial charge in [-0.3, -0.25) is 14.5 Å². The van der Waals surface area contributed by atoms with Gasteiger partial charge in [-0.05, 0) is 68.4 Å². The van der Waals surface area contributed by atoms with Crippen LogP contribution < -0.4 is 9.47 Å². The minimum absolute atomic E-state index is 0.183. The Labute approximate surface area is 189 Å². The van der Waals surface area contributed by atoms with Crippen molar-refractivity contribution in [1.82, 2.24) is 4.90 Å². The molecule has 2 aromatic rings. The van der Waals surface area contributed by atoms with Gasteiger partial charge in [0.25, 0.3) is 11.1 Å². The molecule has 1 aliphatic heterocycles. The van der Waals surface area contributed by atoms with Crippen LogP contribution in [0.25, 0.3) is 6.08 Å². The van der Waals surface area contributed by atoms with Gasteiger partial charge in [0.05, 0.1) is 11.5 Å². The number of amides is 2. The molecule has 1 heterocycles. The molecule has 5 nitrogen and oxygen atoms in total. The van der Waals surface area contributed by atoms with Crippen molar-refractivity contribution in [3.8, 4) is 11.5 Å². The van der Waals surface area contributed by atoms with Crippen LogP contribution in [-0.2, 0) is 11.4 Å². The summed E-state index contributed by atoms with van der Waals surface area (Å²) in [4.78, 5) is 26.2. The van der Waals surface area contributed by atoms with Gasteiger partial charge in [-0.15, -0.1) is 0 Å². The number of imide groups is 1. The Bertz CT molecular complexity index is 1010. The fraction of sp³-hybridized carbons (Fsp3) is 0.273. The lowest BCUT2D eigenvalue weighted by molar-refractivity contribution is -0.123. The average molecular weight is 466 g/mol. The molecule has 0 N–H and O–H groups in total. The van der Waals surface area contributed by atoms with E-state index in [2.05, 4.69) is 0 Å². The number of hydrogen-bond donors (Lipinski definition) is 0. The van der Waals surface area contributed by atoms with Crippen LogP contribution in [0.15, 0.2) is 41.3 Å². The molecule has 2 aromatic carbocycles. The molecular weight excluding hydrogens is 445 g/mol. The quantitative estimate of drug-likeness (QED) is 0.441. The standard InChI is InChI=1S/C22H21Cl2NO4S/c1-4-28-19-9-14(10-20-21(26)25(13(2)3)22(27)30-20)5-8-18(19)29-12-15-6-7-16(23)11-17(15)24/h5-11,13H,4,12H2,1-3H3/b20-10-. The van der Waals surface area contributed by atoms with Crippen LogP contribution in [-0.4, -0.2) is 28.7 Å². The van der Waals surface area contributed by atoms with Crippen LogP contribution in [0.1, 0.15) is 31.9 Å². The monoisotopic (exact) mass is 465 g/mol. The summed E-state index contributed by atoms with van der Waals surface area (Å²) in [7, 11) is 0. The minimum atomic E-state index is -0.282. The van der Waals surface area contributed by atoms with Crippen LogP contribution >= 0.6 is 35.0 Å². The van der Waals surface area contributed by atoms with E-state index in [-0.39, 0.29) is 23.8 Å². The van der Waals surface area contributed by atoms with Crippen molar-refractivity contribution in [2.45, 2.75) is 33.4 Å². The highest BCUT2D eigenvalue weighted by Gasteiger charge is 2.36. The number of hydrogen-bond acceptors (Lipinski definition) is 5. The summed E-state index contributed by atoms with van der Waals surface area (Å²) < 4.78 is 11.6. The van der Waals surface area contributed by atoms with Gasteiger partial charge in [0.1, 0.15) is 6.61 Å². The summed E-state index contributed by atoms with van der Waals surface area (Å²) in [5.41, 5.74) is 1.54. The third-order valence-corrected chi connectivity index (χ3v) is 5.77. The normalized spacial score (nSPS) is 15.4. The first-order chi connectivity index (χ1) is 14.3. The molecule has 30 heavy (non-hydrogen) atoms. The molecule has 8 heteroatoms. The van der Waals surface area contributed by atoms with Gasteiger partial charge < -0.3 is 9.47 Å². The first-order valence-electron chi connectivity index (χ1n) is 9.40. The van der Waals surface area contributed by atoms with E-state index in [9.17, 15) is 9.59 Å². The number of nitrogens with zero attached hydrogens (tertiary/aromatic N) is 1. The van der Waals surface area contributed by atoms with Crippen LogP contribution in [0, 0.1) is 0 Å². The molecule has 2 amide bonds. The van der Waals surface area contributed by atoms with Crippen molar-refractivity contribution in [1.29, 1.82) is 0 Å². The zero-order valence-electron chi connectivity index (χ0n) is 16.8.